The number of nitro benzene ring substituents is 1. The normalized spacial score (nSPS) is 27.5. The van der Waals surface area contributed by atoms with E-state index in [1.807, 2.05) is 0 Å². The van der Waals surface area contributed by atoms with Crippen LogP contribution < -0.4 is 10.6 Å². The molecule has 3 atom stereocenters. The van der Waals surface area contributed by atoms with Gasteiger partial charge in [0.2, 0.25) is 5.91 Å². The average molecular weight is 277 g/mol. The van der Waals surface area contributed by atoms with Gasteiger partial charge in [0.05, 0.1) is 16.5 Å². The first-order valence-electron chi connectivity index (χ1n) is 6.59. The molecule has 0 spiro atoms. The van der Waals surface area contributed by atoms with Crippen LogP contribution in [0.2, 0.25) is 0 Å². The second-order valence-corrected chi connectivity index (χ2v) is 5.34. The minimum Gasteiger partial charge on any atom is -0.506 e. The first kappa shape index (κ1) is 12.9. The van der Waals surface area contributed by atoms with Gasteiger partial charge in [-0.25, -0.2) is 0 Å². The molecular formula is C13H15N3O4. The summed E-state index contributed by atoms with van der Waals surface area (Å²) in [5.74, 6) is -0.493. The Morgan fingerprint density at radius 3 is 2.85 bits per heavy atom. The Balaban J connectivity index is 1.75. The summed E-state index contributed by atoms with van der Waals surface area (Å²) in [6.07, 6.45) is 2.85. The molecule has 3 rings (SSSR count). The van der Waals surface area contributed by atoms with E-state index >= 15 is 0 Å². The van der Waals surface area contributed by atoms with Crippen molar-refractivity contribution in [3.05, 3.63) is 28.3 Å². The highest BCUT2D eigenvalue weighted by molar-refractivity contribution is 5.95. The Morgan fingerprint density at radius 2 is 2.25 bits per heavy atom. The molecular weight excluding hydrogens is 262 g/mol. The van der Waals surface area contributed by atoms with Gasteiger partial charge in [-0.1, -0.05) is 0 Å². The van der Waals surface area contributed by atoms with Crippen molar-refractivity contribution in [3.63, 3.8) is 0 Å². The lowest BCUT2D eigenvalue weighted by Crippen LogP contribution is -2.32. The maximum Gasteiger partial charge on any atom is 0.271 e. The second kappa shape index (κ2) is 4.75. The molecule has 20 heavy (non-hydrogen) atoms. The Kier molecular flexibility index (Phi) is 3.06. The lowest BCUT2D eigenvalue weighted by molar-refractivity contribution is -0.384. The van der Waals surface area contributed by atoms with Gasteiger partial charge in [0.1, 0.15) is 5.75 Å². The van der Waals surface area contributed by atoms with Crippen molar-refractivity contribution in [2.24, 2.45) is 5.92 Å². The number of phenolic OH excluding ortho intramolecular Hbond substituents is 1. The van der Waals surface area contributed by atoms with Gasteiger partial charge in [0.15, 0.2) is 0 Å². The van der Waals surface area contributed by atoms with Crippen molar-refractivity contribution < 1.29 is 14.8 Å². The van der Waals surface area contributed by atoms with Crippen LogP contribution in [0.4, 0.5) is 11.4 Å². The minimum absolute atomic E-state index is 0.0898. The largest absolute Gasteiger partial charge is 0.506 e. The smallest absolute Gasteiger partial charge is 0.271 e. The van der Waals surface area contributed by atoms with Gasteiger partial charge >= 0.3 is 0 Å². The van der Waals surface area contributed by atoms with Gasteiger partial charge in [-0.2, -0.15) is 0 Å². The molecule has 106 valence electrons. The van der Waals surface area contributed by atoms with Crippen LogP contribution >= 0.6 is 0 Å². The van der Waals surface area contributed by atoms with E-state index in [9.17, 15) is 20.0 Å². The van der Waals surface area contributed by atoms with E-state index in [2.05, 4.69) is 10.6 Å². The van der Waals surface area contributed by atoms with Crippen LogP contribution in [0.5, 0.6) is 5.75 Å². The first-order chi connectivity index (χ1) is 9.54. The highest BCUT2D eigenvalue weighted by Crippen LogP contribution is 2.35. The van der Waals surface area contributed by atoms with E-state index in [1.54, 1.807) is 0 Å². The number of carbonyl (C=O) groups excluding carboxylic acids is 1. The van der Waals surface area contributed by atoms with Crippen LogP contribution in [0.25, 0.3) is 0 Å². The number of nitrogens with one attached hydrogen (secondary N) is 2. The third kappa shape index (κ3) is 2.20. The van der Waals surface area contributed by atoms with Crippen molar-refractivity contribution in [2.45, 2.75) is 31.3 Å². The number of phenols is 1. The lowest BCUT2D eigenvalue weighted by atomic mass is 9.88. The van der Waals surface area contributed by atoms with E-state index in [0.29, 0.717) is 6.04 Å². The minimum atomic E-state index is -0.561. The number of amides is 1. The Labute approximate surface area is 115 Å². The number of carbonyl (C=O) groups is 1. The standard InChI is InChI=1S/C13H15N3O4/c17-12-4-2-8(16(19)20)6-11(12)15-13(18)9-5-7-1-3-10(9)14-7/h2,4,6-7,9-10,14,17H,1,3,5H2,(H,15,18). The van der Waals surface area contributed by atoms with Crippen molar-refractivity contribution >= 4 is 17.3 Å². The molecule has 2 fully saturated rings. The highest BCUT2D eigenvalue weighted by Gasteiger charge is 2.42. The monoisotopic (exact) mass is 277 g/mol. The van der Waals surface area contributed by atoms with Crippen LogP contribution in [-0.2, 0) is 4.79 Å². The molecule has 2 heterocycles. The molecule has 2 bridgehead atoms. The maximum absolute atomic E-state index is 12.2. The Morgan fingerprint density at radius 1 is 1.45 bits per heavy atom. The van der Waals surface area contributed by atoms with Crippen LogP contribution in [0.1, 0.15) is 19.3 Å². The molecule has 3 N–H and O–H groups in total. The number of nitro groups is 1. The van der Waals surface area contributed by atoms with Gasteiger partial charge in [-0.15, -0.1) is 0 Å². The second-order valence-electron chi connectivity index (χ2n) is 5.34. The van der Waals surface area contributed by atoms with Crippen molar-refractivity contribution in [1.82, 2.24) is 5.32 Å². The van der Waals surface area contributed by atoms with E-state index in [-0.39, 0.29) is 35.0 Å². The summed E-state index contributed by atoms with van der Waals surface area (Å²) in [7, 11) is 0. The van der Waals surface area contributed by atoms with Crippen LogP contribution in [0.3, 0.4) is 0 Å². The van der Waals surface area contributed by atoms with Crippen LogP contribution in [-0.4, -0.2) is 28.0 Å². The molecule has 0 saturated carbocycles. The third-order valence-electron chi connectivity index (χ3n) is 4.09. The highest BCUT2D eigenvalue weighted by atomic mass is 16.6. The fourth-order valence-corrected chi connectivity index (χ4v) is 3.08. The molecule has 0 radical (unpaired) electrons. The topological polar surface area (TPSA) is 104 Å². The summed E-state index contributed by atoms with van der Waals surface area (Å²) < 4.78 is 0. The van der Waals surface area contributed by atoms with E-state index in [0.717, 1.165) is 19.3 Å². The molecule has 3 unspecified atom stereocenters. The van der Waals surface area contributed by atoms with Crippen molar-refractivity contribution in [2.75, 3.05) is 5.32 Å². The number of hydrogen-bond donors (Lipinski definition) is 3. The Bertz CT molecular complexity index is 575. The fraction of sp³-hybridized carbons (Fsp3) is 0.462. The van der Waals surface area contributed by atoms with Crippen LogP contribution in [0.15, 0.2) is 18.2 Å². The number of nitrogens with zero attached hydrogens (tertiary/aromatic N) is 1. The number of aromatic hydroxyl groups is 1. The quantitative estimate of drug-likeness (QED) is 0.440. The van der Waals surface area contributed by atoms with Crippen molar-refractivity contribution in [1.29, 1.82) is 0 Å². The molecule has 7 nitrogen and oxygen atoms in total. The molecule has 2 aliphatic heterocycles. The number of fused-ring (bicyclic) bond motifs is 2. The average Bonchev–Trinajstić information content (AvgIpc) is 3.03. The predicted molar refractivity (Wildman–Crippen MR) is 71.4 cm³/mol. The van der Waals surface area contributed by atoms with Gasteiger partial charge in [-0.05, 0) is 25.3 Å². The molecule has 1 aromatic rings. The third-order valence-corrected chi connectivity index (χ3v) is 4.09. The zero-order chi connectivity index (χ0) is 14.3. The van der Waals surface area contributed by atoms with E-state index in [1.165, 1.54) is 18.2 Å². The molecule has 7 heteroatoms. The maximum atomic E-state index is 12.2. The summed E-state index contributed by atoms with van der Waals surface area (Å²) >= 11 is 0. The molecule has 1 amide bonds. The molecule has 0 aliphatic carbocycles. The summed E-state index contributed by atoms with van der Waals surface area (Å²) in [4.78, 5) is 22.4. The summed E-state index contributed by atoms with van der Waals surface area (Å²) in [5.41, 5.74) is -0.0730. The first-order valence-corrected chi connectivity index (χ1v) is 6.59. The number of benzene rings is 1. The Hall–Kier alpha value is -2.15. The number of rotatable bonds is 3. The SMILES string of the molecule is O=C(Nc1cc([N+](=O)[O-])ccc1O)C1CC2CCC1N2. The van der Waals surface area contributed by atoms with Gasteiger partial charge in [0, 0.05) is 24.2 Å². The zero-order valence-electron chi connectivity index (χ0n) is 10.7. The molecule has 0 aromatic heterocycles. The zero-order valence-corrected chi connectivity index (χ0v) is 10.7. The summed E-state index contributed by atoms with van der Waals surface area (Å²) in [6, 6.07) is 4.17. The fourth-order valence-electron chi connectivity index (χ4n) is 3.08. The van der Waals surface area contributed by atoms with Crippen LogP contribution in [0, 0.1) is 16.0 Å². The van der Waals surface area contributed by atoms with E-state index < -0.39 is 4.92 Å². The van der Waals surface area contributed by atoms with Gasteiger partial charge in [0.25, 0.3) is 5.69 Å². The summed E-state index contributed by atoms with van der Waals surface area (Å²) in [6.45, 7) is 0. The summed E-state index contributed by atoms with van der Waals surface area (Å²) in [5, 5.41) is 26.4. The predicted octanol–water partition coefficient (Wildman–Crippen LogP) is 1.38. The van der Waals surface area contributed by atoms with Crippen molar-refractivity contribution in [3.8, 4) is 5.75 Å². The molecule has 2 aliphatic rings. The number of anilines is 1. The van der Waals surface area contributed by atoms with Gasteiger partial charge < -0.3 is 15.7 Å². The van der Waals surface area contributed by atoms with E-state index in [4.69, 9.17) is 0 Å². The molecule has 1 aromatic carbocycles. The number of non-ortho nitro benzene ring substituents is 1. The van der Waals surface area contributed by atoms with Gasteiger partial charge in [-0.3, -0.25) is 14.9 Å². The lowest BCUT2D eigenvalue weighted by Gasteiger charge is -2.19. The molecule has 2 saturated heterocycles. The number of hydrogen-bond acceptors (Lipinski definition) is 5.